The van der Waals surface area contributed by atoms with Crippen LogP contribution in [0.5, 0.6) is 0 Å². The summed E-state index contributed by atoms with van der Waals surface area (Å²) < 4.78 is 33.2. The zero-order valence-corrected chi connectivity index (χ0v) is 14.3. The molecule has 22 heavy (non-hydrogen) atoms. The van der Waals surface area contributed by atoms with Gasteiger partial charge in [-0.3, -0.25) is 4.79 Å². The minimum atomic E-state index is -3.75. The number of carbonyl (C=O) groups is 2. The second-order valence-corrected chi connectivity index (χ2v) is 6.52. The number of hydrogen-bond donors (Lipinski definition) is 2. The van der Waals surface area contributed by atoms with E-state index in [4.69, 9.17) is 14.4 Å². The summed E-state index contributed by atoms with van der Waals surface area (Å²) in [6.07, 6.45) is 4.11. The first-order chi connectivity index (χ1) is 10.1. The maximum absolute atomic E-state index is 10.9. The number of rotatable bonds is 8. The molecular formula is C13H23LiO7S. The van der Waals surface area contributed by atoms with Crippen LogP contribution in [0, 0.1) is 5.92 Å². The average molecular weight is 330 g/mol. The zero-order valence-electron chi connectivity index (χ0n) is 13.5. The topological polar surface area (TPSA) is 118 Å². The number of ether oxygens (including phenoxy) is 1. The van der Waals surface area contributed by atoms with Crippen LogP contribution in [-0.4, -0.2) is 59.6 Å². The van der Waals surface area contributed by atoms with Crippen molar-refractivity contribution in [3.63, 3.8) is 0 Å². The Kier molecular flexibility index (Phi) is 13.5. The van der Waals surface area contributed by atoms with Crippen LogP contribution >= 0.6 is 0 Å². The van der Waals surface area contributed by atoms with E-state index in [-0.39, 0.29) is 6.61 Å². The van der Waals surface area contributed by atoms with Crippen LogP contribution in [0.4, 0.5) is 0 Å². The summed E-state index contributed by atoms with van der Waals surface area (Å²) in [4.78, 5) is 21.5. The van der Waals surface area contributed by atoms with Crippen LogP contribution in [0.1, 0.15) is 33.6 Å². The summed E-state index contributed by atoms with van der Waals surface area (Å²) in [5.41, 5.74) is 0. The van der Waals surface area contributed by atoms with E-state index >= 15 is 0 Å². The third kappa shape index (κ3) is 12.9. The van der Waals surface area contributed by atoms with Crippen molar-refractivity contribution < 1.29 is 32.4 Å². The number of esters is 1. The first kappa shape index (κ1) is 23.5. The normalized spacial score (nSPS) is 13.9. The standard InChI is InChI=1S/C10H16O4.C3H7O3S.Li/c1-3-5-8(10(12)13)7-14-9(11)6-4-2;1-3(2)7(4,5)6;/h4,6,8H,3,5,7H2,1-2H3,(H,12,13);3H,1H2,2H3,(H,4,5,6);. The molecule has 2 atom stereocenters. The Balaban J connectivity index is 0. The zero-order chi connectivity index (χ0) is 17.8. The molecular weight excluding hydrogens is 307 g/mol. The summed E-state index contributed by atoms with van der Waals surface area (Å²) in [5, 5.41) is 8.57. The van der Waals surface area contributed by atoms with Gasteiger partial charge < -0.3 is 9.84 Å². The van der Waals surface area contributed by atoms with Gasteiger partial charge in [-0.15, -0.1) is 0 Å². The molecule has 0 aliphatic carbocycles. The molecule has 0 amide bonds. The van der Waals surface area contributed by atoms with Gasteiger partial charge in [0, 0.05) is 6.08 Å². The van der Waals surface area contributed by atoms with Gasteiger partial charge in [-0.2, -0.15) is 0 Å². The van der Waals surface area contributed by atoms with Crippen molar-refractivity contribution >= 4 is 39.8 Å². The van der Waals surface area contributed by atoms with E-state index in [2.05, 4.69) is 0 Å². The van der Waals surface area contributed by atoms with Gasteiger partial charge in [0.2, 0.25) is 0 Å². The Hall–Kier alpha value is -0.813. The van der Waals surface area contributed by atoms with Gasteiger partial charge in [0.1, 0.15) is 6.61 Å². The maximum atomic E-state index is 10.9. The van der Waals surface area contributed by atoms with Crippen molar-refractivity contribution in [1.82, 2.24) is 0 Å². The summed E-state index contributed by atoms with van der Waals surface area (Å²) in [5.74, 6) is -2.00. The molecule has 0 bridgehead atoms. The van der Waals surface area contributed by atoms with Crippen molar-refractivity contribution in [2.45, 2.75) is 44.0 Å². The van der Waals surface area contributed by atoms with E-state index in [9.17, 15) is 18.0 Å². The Bertz CT molecular complexity index is 459. The van der Waals surface area contributed by atoms with Crippen LogP contribution in [0.3, 0.4) is 0 Å². The number of carboxylic acid groups (broad SMARTS) is 1. The molecule has 2 N–H and O–H groups in total. The molecule has 0 aromatic rings. The van der Waals surface area contributed by atoms with Gasteiger partial charge >= 0.3 is 70.0 Å². The van der Waals surface area contributed by atoms with Crippen molar-refractivity contribution in [3.05, 3.63) is 12.2 Å². The van der Waals surface area contributed by atoms with Crippen molar-refractivity contribution in [1.29, 1.82) is 0 Å². The molecule has 7 nitrogen and oxygen atoms in total. The Morgan fingerprint density at radius 3 is 2.18 bits per heavy atom. The number of hydrogen-bond acceptors (Lipinski definition) is 5. The molecule has 0 heterocycles. The third-order valence-electron chi connectivity index (χ3n) is 2.80. The minimum absolute atomic E-state index is 0.0493. The molecule has 0 rings (SSSR count). The Labute approximate surface area is 141 Å². The fraction of sp³-hybridized carbons (Fsp3) is 0.692. The summed E-state index contributed by atoms with van der Waals surface area (Å²) in [7, 11) is -3.75. The van der Waals surface area contributed by atoms with Crippen LogP contribution in [-0.2, 0) is 24.4 Å². The van der Waals surface area contributed by atoms with E-state index in [1.165, 1.54) is 13.0 Å². The number of aliphatic carboxylic acids is 1. The summed E-state index contributed by atoms with van der Waals surface area (Å²) in [6, 6.07) is 0. The predicted octanol–water partition coefficient (Wildman–Crippen LogP) is 1.46. The Morgan fingerprint density at radius 2 is 1.91 bits per heavy atom. The molecule has 0 aromatic heterocycles. The predicted molar refractivity (Wildman–Crippen MR) is 83.4 cm³/mol. The summed E-state index contributed by atoms with van der Waals surface area (Å²) in [6.45, 7) is 5.01. The molecule has 0 aliphatic heterocycles. The molecule has 0 saturated carbocycles. The molecule has 0 spiro atoms. The van der Waals surface area contributed by atoms with Crippen LogP contribution in [0.25, 0.3) is 0 Å². The van der Waals surface area contributed by atoms with E-state index in [0.29, 0.717) is 11.5 Å². The van der Waals surface area contributed by atoms with E-state index < -0.39 is 33.2 Å². The first-order valence-electron chi connectivity index (χ1n) is 7.08. The molecule has 2 unspecified atom stereocenters. The molecule has 0 aromatic carbocycles. The quantitative estimate of drug-likeness (QED) is 0.299. The van der Waals surface area contributed by atoms with E-state index in [1.807, 2.05) is 6.92 Å². The molecule has 124 valence electrons. The van der Waals surface area contributed by atoms with Crippen molar-refractivity contribution in [2.24, 2.45) is 5.92 Å². The molecule has 9 heteroatoms. The second kappa shape index (κ2) is 12.7. The number of allylic oxidation sites excluding steroid dienone is 1. The molecule has 0 aliphatic rings. The van der Waals surface area contributed by atoms with Crippen LogP contribution in [0.15, 0.2) is 12.2 Å². The fourth-order valence-electron chi connectivity index (χ4n) is 1.20. The van der Waals surface area contributed by atoms with Gasteiger partial charge in [0.05, 0.1) is 5.92 Å². The van der Waals surface area contributed by atoms with Crippen LogP contribution in [0.2, 0.25) is 5.09 Å². The monoisotopic (exact) mass is 330 g/mol. The average Bonchev–Trinajstić information content (AvgIpc) is 2.42. The molecule has 0 radical (unpaired) electrons. The first-order valence-corrected chi connectivity index (χ1v) is 8.58. The number of carboxylic acids is 1. The fourth-order valence-corrected chi connectivity index (χ4v) is 1.63. The van der Waals surface area contributed by atoms with Gasteiger partial charge in [0.25, 0.3) is 0 Å². The SMILES string of the molecule is CC=CC(=O)OCC(CCC)C(=O)O.[Li][CH2]C(C)S(=O)(=O)O. The van der Waals surface area contributed by atoms with Gasteiger partial charge in [-0.1, -0.05) is 19.4 Å². The molecule has 0 saturated heterocycles. The molecule has 0 fully saturated rings. The second-order valence-electron chi connectivity index (χ2n) is 4.69. The van der Waals surface area contributed by atoms with Crippen molar-refractivity contribution in [3.8, 4) is 0 Å². The summed E-state index contributed by atoms with van der Waals surface area (Å²) >= 11 is 1.71. The van der Waals surface area contributed by atoms with E-state index in [1.54, 1.807) is 30.7 Å². The van der Waals surface area contributed by atoms with Gasteiger partial charge in [-0.25, -0.2) is 4.79 Å². The Morgan fingerprint density at radius 1 is 1.36 bits per heavy atom. The van der Waals surface area contributed by atoms with Gasteiger partial charge in [-0.05, 0) is 13.3 Å². The third-order valence-corrected chi connectivity index (χ3v) is 4.15. The van der Waals surface area contributed by atoms with Gasteiger partial charge in [0.15, 0.2) is 0 Å². The number of carbonyl (C=O) groups excluding carboxylic acids is 1. The van der Waals surface area contributed by atoms with E-state index in [0.717, 1.165) is 6.42 Å². The van der Waals surface area contributed by atoms with Crippen LogP contribution < -0.4 is 0 Å². The van der Waals surface area contributed by atoms with Crippen molar-refractivity contribution in [2.75, 3.05) is 6.61 Å².